The van der Waals surface area contributed by atoms with Gasteiger partial charge in [-0.3, -0.25) is 0 Å². The van der Waals surface area contributed by atoms with Crippen LogP contribution in [0, 0.1) is 0 Å². The van der Waals surface area contributed by atoms with Crippen molar-refractivity contribution in [1.82, 2.24) is 35.1 Å². The molecule has 9 heterocycles. The first-order chi connectivity index (χ1) is 31.1. The molecule has 0 aromatic carbocycles. The minimum atomic E-state index is -1.51. The van der Waals surface area contributed by atoms with Gasteiger partial charge in [-0.1, -0.05) is 15.5 Å². The van der Waals surface area contributed by atoms with E-state index in [0.29, 0.717) is 47.8 Å². The first kappa shape index (κ1) is 51.9. The van der Waals surface area contributed by atoms with Gasteiger partial charge in [0.15, 0.2) is 40.6 Å². The van der Waals surface area contributed by atoms with E-state index in [9.17, 15) is 20.4 Å². The molecule has 0 bridgehead atoms. The van der Waals surface area contributed by atoms with Crippen LogP contribution in [0.5, 0.6) is 0 Å². The summed E-state index contributed by atoms with van der Waals surface area (Å²) in [6, 6.07) is 1.58. The van der Waals surface area contributed by atoms with Gasteiger partial charge in [0.2, 0.25) is 6.29 Å². The van der Waals surface area contributed by atoms with Gasteiger partial charge in [-0.15, -0.1) is 0 Å². The van der Waals surface area contributed by atoms with Crippen LogP contribution in [0.1, 0.15) is 116 Å². The highest BCUT2D eigenvalue weighted by atomic mass is 35.5. The quantitative estimate of drug-likeness (QED) is 0.0493. The van der Waals surface area contributed by atoms with Crippen molar-refractivity contribution in [1.29, 1.82) is 0 Å². The largest absolute Gasteiger partial charge is 1.00 e. The fourth-order valence-electron chi connectivity index (χ4n) is 7.65. The summed E-state index contributed by atoms with van der Waals surface area (Å²) >= 11 is 0. The van der Waals surface area contributed by atoms with Crippen molar-refractivity contribution in [2.75, 3.05) is 19.8 Å². The zero-order valence-corrected chi connectivity index (χ0v) is 39.1. The summed E-state index contributed by atoms with van der Waals surface area (Å²) < 4.78 is 52.1. The number of nitrogens with zero attached hydrogens (tertiary/aromatic N) is 6. The van der Waals surface area contributed by atoms with Gasteiger partial charge >= 0.3 is 0 Å². The Morgan fingerprint density at radius 2 is 1.33 bits per heavy atom. The number of H-pyrrole nitrogens is 3. The fraction of sp³-hybridized carbons (Fsp3) is 0.659. The van der Waals surface area contributed by atoms with Gasteiger partial charge in [0.05, 0.1) is 61.9 Å². The van der Waals surface area contributed by atoms with E-state index in [-0.39, 0.29) is 61.1 Å². The summed E-state index contributed by atoms with van der Waals surface area (Å²) in [5.41, 5.74) is 3.11. The average molecular weight is 969 g/mol. The molecule has 67 heavy (non-hydrogen) atoms. The lowest BCUT2D eigenvalue weighted by Gasteiger charge is -2.23. The third-order valence-electron chi connectivity index (χ3n) is 10.8. The van der Waals surface area contributed by atoms with Gasteiger partial charge in [-0.05, 0) is 62.3 Å². The van der Waals surface area contributed by atoms with Crippen molar-refractivity contribution >= 4 is 11.4 Å². The van der Waals surface area contributed by atoms with E-state index in [4.69, 9.17) is 53.0 Å². The van der Waals surface area contributed by atoms with E-state index in [1.807, 2.05) is 55.4 Å². The van der Waals surface area contributed by atoms with Crippen molar-refractivity contribution in [3.8, 4) is 11.5 Å². The maximum Gasteiger partial charge on any atom is 0.230 e. The molecule has 5 aliphatic heterocycles. The van der Waals surface area contributed by atoms with E-state index < -0.39 is 54.4 Å². The van der Waals surface area contributed by atoms with E-state index in [0.717, 1.165) is 11.4 Å². The van der Waals surface area contributed by atoms with Gasteiger partial charge in [-0.2, -0.15) is 0 Å². The standard InChI is InChI=1S/C16H23N3O6.C15H23N3O5.C10H13N3O5.ClH/c1-15(2)21-7-10(22-15)13-12(23-16(3,4)24-13)9-6-17-14(18-9)8-5-11(20)25-19-8;1-8(18-19)13-16-6-9(17-13)11-12(23-15(4,5)22-11)10-7-20-14(2,3)21-10;14-4-7(15)9(17)8(16)6-3-11-10(12-6)5-1-2-18-13-5;/h6,10-13,20H,5,7H2,1-4H3,(H,17,18);6,10-12,19H,7H2,1-5H3,(H,16,17);1-3,7-9,14-17H,4H2,(H,11,12);1H/p-1/b;18-8+;;/t10-,11?,12-,13-;10-,11-,12-;7-,8-,9-;/m111./s1. The molecule has 9 rings (SSSR count). The second-order valence-electron chi connectivity index (χ2n) is 17.9. The number of halogens is 1. The minimum absolute atomic E-state index is 0. The second kappa shape index (κ2) is 20.6. The van der Waals surface area contributed by atoms with Crippen LogP contribution in [0.4, 0.5) is 0 Å². The third kappa shape index (κ3) is 12.4. The monoisotopic (exact) mass is 968 g/mol. The predicted molar refractivity (Wildman–Crippen MR) is 223 cm³/mol. The predicted octanol–water partition coefficient (Wildman–Crippen LogP) is -1.04. The van der Waals surface area contributed by atoms with Gasteiger partial charge in [0.25, 0.3) is 0 Å². The van der Waals surface area contributed by atoms with Crippen LogP contribution in [0.2, 0.25) is 0 Å². The molecule has 5 aliphatic rings. The van der Waals surface area contributed by atoms with Crippen molar-refractivity contribution in [3.63, 3.8) is 0 Å². The topological polar surface area (TPSA) is 341 Å². The Morgan fingerprint density at radius 1 is 0.761 bits per heavy atom. The highest BCUT2D eigenvalue weighted by molar-refractivity contribution is 5.98. The van der Waals surface area contributed by atoms with E-state index >= 15 is 0 Å². The van der Waals surface area contributed by atoms with E-state index in [1.165, 1.54) is 12.5 Å². The van der Waals surface area contributed by atoms with Crippen LogP contribution in [0.15, 0.2) is 45.8 Å². The number of ether oxygens (including phenoxy) is 8. The summed E-state index contributed by atoms with van der Waals surface area (Å²) in [4.78, 5) is 26.4. The van der Waals surface area contributed by atoms with Crippen molar-refractivity contribution in [2.45, 2.75) is 153 Å². The van der Waals surface area contributed by atoms with Crippen molar-refractivity contribution in [3.05, 3.63) is 59.7 Å². The lowest BCUT2D eigenvalue weighted by Crippen LogP contribution is -3.00. The zero-order valence-electron chi connectivity index (χ0n) is 38.3. The Bertz CT molecular complexity index is 2280. The third-order valence-corrected chi connectivity index (χ3v) is 10.8. The number of hydrogen-bond acceptors (Lipinski definition) is 22. The summed E-state index contributed by atoms with van der Waals surface area (Å²) in [6.45, 7) is 16.8. The molecule has 4 saturated heterocycles. The average Bonchev–Trinajstić information content (AvgIpc) is 4.11. The number of aromatic nitrogens is 7. The maximum absolute atomic E-state index is 9.77. The Hall–Kier alpha value is -4.45. The van der Waals surface area contributed by atoms with Gasteiger partial charge < -0.3 is 105 Å². The van der Waals surface area contributed by atoms with Crippen molar-refractivity contribution < 1.29 is 90.4 Å². The fourth-order valence-corrected chi connectivity index (χ4v) is 7.65. The number of nitrogens with one attached hydrogen (secondary N) is 3. The number of aliphatic hydroxyl groups is 5. The normalized spacial score (nSPS) is 29.4. The lowest BCUT2D eigenvalue weighted by molar-refractivity contribution is -0.174. The number of hydrogen-bond donors (Lipinski definition) is 9. The Balaban J connectivity index is 0.000000167. The van der Waals surface area contributed by atoms with Crippen LogP contribution in [-0.4, -0.2) is 163 Å². The Labute approximate surface area is 390 Å². The van der Waals surface area contributed by atoms with Gasteiger partial charge in [0.1, 0.15) is 78.3 Å². The summed E-state index contributed by atoms with van der Waals surface area (Å²) in [5.74, 6) is -1.37. The molecular formula is C41H59ClN9O16-. The highest BCUT2D eigenvalue weighted by Crippen LogP contribution is 2.44. The molecule has 4 aromatic heterocycles. The molecule has 1 unspecified atom stereocenters. The minimum Gasteiger partial charge on any atom is -1.00 e. The van der Waals surface area contributed by atoms with E-state index in [2.05, 4.69) is 49.9 Å². The summed E-state index contributed by atoms with van der Waals surface area (Å²) in [7, 11) is 0. The number of aliphatic hydroxyl groups excluding tert-OH is 5. The maximum atomic E-state index is 9.77. The number of aromatic amines is 3. The Morgan fingerprint density at radius 3 is 1.82 bits per heavy atom. The molecule has 0 aliphatic carbocycles. The SMILES string of the molecule is C/C(=N\O)c1ncc([C@H]2OC(C)(C)O[C@@H]2[C@H]2COC(C)(C)O2)[nH]1.CC1(C)O[C@H]([C@H]2COC(C)(C)O2)[C@@H](c2cnc(C3=NOC(O)C3)[nH]2)O1.OC[C@@H](O)[C@@H](O)[C@H](O)c1cnc(-c2ccon2)[nH]1.[Cl-]. The molecule has 0 amide bonds. The number of rotatable bonds is 11. The molecule has 25 nitrogen and oxygen atoms in total. The van der Waals surface area contributed by atoms with Crippen LogP contribution in [0.3, 0.4) is 0 Å². The zero-order chi connectivity index (χ0) is 47.8. The van der Waals surface area contributed by atoms with E-state index in [1.54, 1.807) is 25.4 Å². The number of imidazole rings is 3. The first-order valence-electron chi connectivity index (χ1n) is 21.2. The molecule has 0 saturated carbocycles. The molecular weight excluding hydrogens is 910 g/mol. The van der Waals surface area contributed by atoms with Gasteiger partial charge in [0, 0.05) is 6.07 Å². The van der Waals surface area contributed by atoms with Gasteiger partial charge in [-0.25, -0.2) is 15.0 Å². The first-order valence-corrected chi connectivity index (χ1v) is 21.2. The molecule has 10 atom stereocenters. The van der Waals surface area contributed by atoms with Crippen molar-refractivity contribution in [2.24, 2.45) is 10.3 Å². The smallest absolute Gasteiger partial charge is 0.230 e. The highest BCUT2D eigenvalue weighted by Gasteiger charge is 2.52. The molecule has 372 valence electrons. The van der Waals surface area contributed by atoms with Crippen LogP contribution >= 0.6 is 0 Å². The molecule has 4 aromatic rings. The second-order valence-corrected chi connectivity index (χ2v) is 17.9. The number of oxime groups is 2. The van der Waals surface area contributed by atoms with Crippen LogP contribution in [0.25, 0.3) is 11.5 Å². The molecule has 0 spiro atoms. The van der Waals surface area contributed by atoms with Crippen LogP contribution in [-0.2, 0) is 42.7 Å². The molecule has 9 N–H and O–H groups in total. The van der Waals surface area contributed by atoms with Crippen LogP contribution < -0.4 is 12.4 Å². The molecule has 0 radical (unpaired) electrons. The lowest BCUT2D eigenvalue weighted by atomic mass is 10.1. The molecule has 26 heteroatoms. The summed E-state index contributed by atoms with van der Waals surface area (Å²) in [6.07, 6.45) is -0.848. The summed E-state index contributed by atoms with van der Waals surface area (Å²) in [5, 5.41) is 66.1. The molecule has 4 fully saturated rings. The Kier molecular flexibility index (Phi) is 16.0.